The van der Waals surface area contributed by atoms with Crippen LogP contribution < -0.4 is 10.9 Å². The Morgan fingerprint density at radius 2 is 1.91 bits per heavy atom. The molecule has 4 heterocycles. The van der Waals surface area contributed by atoms with Gasteiger partial charge in [0.15, 0.2) is 5.60 Å². The van der Waals surface area contributed by atoms with Gasteiger partial charge in [0.25, 0.3) is 15.7 Å². The highest BCUT2D eigenvalue weighted by Gasteiger charge is 2.46. The van der Waals surface area contributed by atoms with Gasteiger partial charge in [0, 0.05) is 22.6 Å². The van der Waals surface area contributed by atoms with E-state index in [-0.39, 0.29) is 42.1 Å². The van der Waals surface area contributed by atoms with E-state index in [4.69, 9.17) is 19.0 Å². The number of carbonyl (C=O) groups excluding carboxylic acids is 2. The Bertz CT molecular complexity index is 1910. The number of cyclic esters (lactones) is 1. The van der Waals surface area contributed by atoms with Crippen molar-refractivity contribution in [1.82, 2.24) is 14.9 Å². The van der Waals surface area contributed by atoms with E-state index in [9.17, 15) is 27.9 Å². The van der Waals surface area contributed by atoms with Gasteiger partial charge in [0.05, 0.1) is 41.3 Å². The molecule has 2 aliphatic heterocycles. The maximum atomic E-state index is 15.0. The molecule has 44 heavy (non-hydrogen) atoms. The molecule has 0 unspecified atom stereocenters. The number of ether oxygens (including phenoxy) is 2. The predicted octanol–water partition coefficient (Wildman–Crippen LogP) is 3.54. The normalized spacial score (nSPS) is 20.1. The molecule has 2 aromatic heterocycles. The van der Waals surface area contributed by atoms with Gasteiger partial charge in [-0.3, -0.25) is 9.35 Å². The van der Waals surface area contributed by atoms with Crippen LogP contribution in [0.25, 0.3) is 22.3 Å². The number of benzene rings is 1. The van der Waals surface area contributed by atoms with Crippen molar-refractivity contribution < 1.29 is 41.5 Å². The zero-order chi connectivity index (χ0) is 32.5. The Labute approximate surface area is 252 Å². The molecule has 1 amide bonds. The van der Waals surface area contributed by atoms with Gasteiger partial charge in [-0.1, -0.05) is 6.92 Å². The van der Waals surface area contributed by atoms with Crippen LogP contribution in [0.5, 0.6) is 0 Å². The maximum absolute atomic E-state index is 15.0. The number of nitrogens with one attached hydrogen (secondary N) is 1. The molecule has 12 nitrogen and oxygen atoms in total. The second-order valence-electron chi connectivity index (χ2n) is 12.3. The summed E-state index contributed by atoms with van der Waals surface area (Å²) in [6, 6.07) is 2.56. The molecular formula is C30H34FN3O9S. The van der Waals surface area contributed by atoms with Crippen LogP contribution in [0, 0.1) is 12.7 Å². The van der Waals surface area contributed by atoms with Gasteiger partial charge in [-0.25, -0.2) is 19.0 Å². The minimum absolute atomic E-state index is 0.0285. The summed E-state index contributed by atoms with van der Waals surface area (Å²) in [6.45, 7) is 8.68. The number of hydrogen-bond acceptors (Lipinski definition) is 9. The Morgan fingerprint density at radius 3 is 2.52 bits per heavy atom. The first-order valence-electron chi connectivity index (χ1n) is 14.1. The first-order valence-corrected chi connectivity index (χ1v) is 15.9. The average molecular weight is 632 g/mol. The van der Waals surface area contributed by atoms with Crippen LogP contribution in [0.4, 0.5) is 9.18 Å². The number of pyridine rings is 2. The van der Waals surface area contributed by atoms with Crippen molar-refractivity contribution in [2.45, 2.75) is 84.3 Å². The van der Waals surface area contributed by atoms with Crippen LogP contribution in [0.1, 0.15) is 80.0 Å². The fraction of sp³-hybridized carbons (Fsp3) is 0.467. The van der Waals surface area contributed by atoms with Crippen LogP contribution in [-0.4, -0.2) is 51.5 Å². The van der Waals surface area contributed by atoms with Crippen molar-refractivity contribution in [2.75, 3.05) is 6.26 Å². The summed E-state index contributed by atoms with van der Waals surface area (Å²) in [5.74, 6) is -1.18. The Hall–Kier alpha value is -3.88. The van der Waals surface area contributed by atoms with Crippen molar-refractivity contribution in [1.29, 1.82) is 0 Å². The summed E-state index contributed by atoms with van der Waals surface area (Å²) in [7, 11) is -3.67. The van der Waals surface area contributed by atoms with Crippen molar-refractivity contribution >= 4 is 33.1 Å². The van der Waals surface area contributed by atoms with E-state index in [1.807, 2.05) is 0 Å². The van der Waals surface area contributed by atoms with E-state index in [1.54, 1.807) is 45.3 Å². The lowest BCUT2D eigenvalue weighted by Crippen LogP contribution is -2.44. The number of amides is 1. The van der Waals surface area contributed by atoms with Crippen LogP contribution in [0.2, 0.25) is 0 Å². The summed E-state index contributed by atoms with van der Waals surface area (Å²) in [5, 5.41) is 14.9. The van der Waals surface area contributed by atoms with Gasteiger partial charge in [0.2, 0.25) is 0 Å². The summed E-state index contributed by atoms with van der Waals surface area (Å²) in [5.41, 5.74) is 1.60. The highest BCUT2D eigenvalue weighted by atomic mass is 32.2. The van der Waals surface area contributed by atoms with Gasteiger partial charge >= 0.3 is 12.1 Å². The molecular weight excluding hydrogens is 597 g/mol. The van der Waals surface area contributed by atoms with E-state index in [0.29, 0.717) is 41.6 Å². The van der Waals surface area contributed by atoms with E-state index >= 15 is 4.39 Å². The molecule has 0 saturated carbocycles. The van der Waals surface area contributed by atoms with Crippen LogP contribution in [0.3, 0.4) is 0 Å². The highest BCUT2D eigenvalue weighted by molar-refractivity contribution is 7.85. The molecule has 3 aromatic rings. The highest BCUT2D eigenvalue weighted by Crippen LogP contribution is 2.46. The third kappa shape index (κ3) is 5.46. The van der Waals surface area contributed by atoms with E-state index in [0.717, 1.165) is 22.1 Å². The number of carbonyl (C=O) groups is 2. The smallest absolute Gasteiger partial charge is 0.408 e. The largest absolute Gasteiger partial charge is 0.458 e. The molecule has 3 aliphatic rings. The number of rotatable bonds is 2. The summed E-state index contributed by atoms with van der Waals surface area (Å²) in [4.78, 5) is 43.8. The van der Waals surface area contributed by atoms with Crippen molar-refractivity contribution in [3.8, 4) is 11.4 Å². The minimum Gasteiger partial charge on any atom is -0.458 e. The third-order valence-electron chi connectivity index (χ3n) is 8.07. The van der Waals surface area contributed by atoms with E-state index < -0.39 is 39.4 Å². The zero-order valence-corrected chi connectivity index (χ0v) is 26.0. The molecule has 0 radical (unpaired) electrons. The molecule has 236 valence electrons. The molecule has 0 saturated heterocycles. The van der Waals surface area contributed by atoms with Crippen molar-refractivity contribution in [3.63, 3.8) is 0 Å². The fourth-order valence-electron chi connectivity index (χ4n) is 6.15. The lowest BCUT2D eigenvalue weighted by molar-refractivity contribution is -0.172. The predicted molar refractivity (Wildman–Crippen MR) is 157 cm³/mol. The Kier molecular flexibility index (Phi) is 7.62. The number of fused-ring (bicyclic) bond motifs is 5. The lowest BCUT2D eigenvalue weighted by atomic mass is 9.81. The summed E-state index contributed by atoms with van der Waals surface area (Å²) in [6.07, 6.45) is 1.23. The summed E-state index contributed by atoms with van der Waals surface area (Å²) < 4.78 is 53.1. The number of nitrogens with zero attached hydrogens (tertiary/aromatic N) is 2. The van der Waals surface area contributed by atoms with Crippen LogP contribution in [0.15, 0.2) is 16.9 Å². The van der Waals surface area contributed by atoms with E-state index in [1.165, 1.54) is 6.07 Å². The first-order chi connectivity index (χ1) is 20.3. The number of hydrogen-bond donors (Lipinski definition) is 3. The second-order valence-corrected chi connectivity index (χ2v) is 13.7. The maximum Gasteiger partial charge on any atom is 0.408 e. The quantitative estimate of drug-likeness (QED) is 0.219. The molecule has 1 aromatic carbocycles. The van der Waals surface area contributed by atoms with E-state index in [2.05, 4.69) is 5.32 Å². The molecule has 0 spiro atoms. The Balaban J connectivity index is 0.000000712. The number of aliphatic hydroxyl groups is 1. The number of alkyl carbamates (subject to hydrolysis) is 1. The SMILES string of the molecule is CC[C@]1(O)C(=O)OCc2c1cc1n(c2=O)Cc2c-1nc1cc(F)c(C)c3c1c2[C@@H](NC(=O)OC(C)(C)C)CC3.CS(=O)(=O)O. The zero-order valence-electron chi connectivity index (χ0n) is 25.2. The molecule has 14 heteroatoms. The second kappa shape index (κ2) is 10.6. The van der Waals surface area contributed by atoms with Gasteiger partial charge in [-0.15, -0.1) is 0 Å². The molecule has 3 N–H and O–H groups in total. The molecule has 1 aliphatic carbocycles. The Morgan fingerprint density at radius 1 is 1.25 bits per heavy atom. The monoisotopic (exact) mass is 631 g/mol. The number of halogens is 1. The average Bonchev–Trinajstić information content (AvgIpc) is 3.27. The minimum atomic E-state index is -3.67. The van der Waals surface area contributed by atoms with Crippen molar-refractivity contribution in [2.24, 2.45) is 0 Å². The van der Waals surface area contributed by atoms with Gasteiger partial charge in [-0.05, 0) is 69.7 Å². The van der Waals surface area contributed by atoms with Crippen LogP contribution in [-0.2, 0) is 49.6 Å². The van der Waals surface area contributed by atoms with Gasteiger partial charge in [0.1, 0.15) is 18.0 Å². The fourth-order valence-corrected chi connectivity index (χ4v) is 6.15. The van der Waals surface area contributed by atoms with Gasteiger partial charge in [-0.2, -0.15) is 8.42 Å². The molecule has 2 atom stereocenters. The van der Waals surface area contributed by atoms with Gasteiger partial charge < -0.3 is 24.5 Å². The first kappa shape index (κ1) is 31.5. The molecule has 0 bridgehead atoms. The number of aryl methyl sites for hydroxylation is 1. The standard InChI is InChI=1S/C29H30FN3O6.CH4O3S/c1-6-29(37)17-9-21-24-15(11-33(21)25(34)16(17)12-38-26(29)35)23-19(32-27(36)39-28(3,4)5)8-7-14-13(2)18(30)10-20(31-24)22(14)23;1-5(2,3)4/h9-10,19,37H,6-8,11-12H2,1-5H3,(H,32,36);1H3,(H,2,3,4)/t19-,29+;/m0./s1. The van der Waals surface area contributed by atoms with Crippen LogP contribution >= 0.6 is 0 Å². The molecule has 0 fully saturated rings. The number of aromatic nitrogens is 2. The topological polar surface area (TPSA) is 174 Å². The number of esters is 1. The summed E-state index contributed by atoms with van der Waals surface area (Å²) >= 11 is 0. The van der Waals surface area contributed by atoms with Crippen molar-refractivity contribution in [3.05, 3.63) is 61.7 Å². The lowest BCUT2D eigenvalue weighted by Gasteiger charge is -2.31. The third-order valence-corrected chi connectivity index (χ3v) is 8.07. The molecule has 6 rings (SSSR count).